The molecule has 0 saturated carbocycles. The monoisotopic (exact) mass is 245 g/mol. The summed E-state index contributed by atoms with van der Waals surface area (Å²) < 4.78 is 13.4. The highest BCUT2D eigenvalue weighted by Crippen LogP contribution is 2.21. The van der Waals surface area contributed by atoms with Crippen LogP contribution in [0.2, 0.25) is 0 Å². The van der Waals surface area contributed by atoms with Crippen molar-refractivity contribution in [2.24, 2.45) is 0 Å². The van der Waals surface area contributed by atoms with Crippen molar-refractivity contribution in [3.63, 3.8) is 0 Å². The molecule has 5 heteroatoms. The van der Waals surface area contributed by atoms with E-state index in [0.717, 1.165) is 6.07 Å². The first-order chi connectivity index (χ1) is 7.61. The molecule has 0 unspecified atom stereocenters. The Balaban J connectivity index is 3.03. The molecule has 0 spiro atoms. The lowest BCUT2D eigenvalue weighted by Gasteiger charge is -2.20. The topological polar surface area (TPSA) is 40.5 Å². The summed E-state index contributed by atoms with van der Waals surface area (Å²) in [5, 5.41) is 9.45. The smallest absolute Gasteiger partial charge is 0.260 e. The standard InChI is InChI=1S/C11H13ClFNO2/c1-2-14(7-6-12)11(16)10-8(13)4-3-5-9(10)15/h3-5,15H,2,6-7H2,1H3. The number of amides is 1. The number of rotatable bonds is 4. The zero-order valence-corrected chi connectivity index (χ0v) is 9.67. The normalized spacial score (nSPS) is 10.2. The van der Waals surface area contributed by atoms with Gasteiger partial charge in [0.1, 0.15) is 17.1 Å². The van der Waals surface area contributed by atoms with Crippen LogP contribution in [0.1, 0.15) is 17.3 Å². The number of phenolic OH excluding ortho intramolecular Hbond substituents is 1. The van der Waals surface area contributed by atoms with E-state index in [0.29, 0.717) is 13.1 Å². The van der Waals surface area contributed by atoms with Gasteiger partial charge in [0, 0.05) is 19.0 Å². The average Bonchev–Trinajstić information content (AvgIpc) is 2.25. The van der Waals surface area contributed by atoms with Crippen LogP contribution in [0.4, 0.5) is 4.39 Å². The molecule has 1 amide bonds. The van der Waals surface area contributed by atoms with Gasteiger partial charge in [0.15, 0.2) is 0 Å². The Bertz CT molecular complexity index is 364. The molecule has 88 valence electrons. The minimum Gasteiger partial charge on any atom is -0.507 e. The van der Waals surface area contributed by atoms with E-state index in [2.05, 4.69) is 0 Å². The Labute approximate surface area is 98.4 Å². The van der Waals surface area contributed by atoms with Gasteiger partial charge in [0.05, 0.1) is 0 Å². The zero-order chi connectivity index (χ0) is 12.1. The molecule has 0 atom stereocenters. The number of benzene rings is 1. The SMILES string of the molecule is CCN(CCCl)C(=O)c1c(O)cccc1F. The third kappa shape index (κ3) is 2.64. The second-order valence-electron chi connectivity index (χ2n) is 3.21. The van der Waals surface area contributed by atoms with Gasteiger partial charge >= 0.3 is 0 Å². The Morgan fingerprint density at radius 3 is 2.75 bits per heavy atom. The third-order valence-corrected chi connectivity index (χ3v) is 2.40. The highest BCUT2D eigenvalue weighted by atomic mass is 35.5. The average molecular weight is 246 g/mol. The molecule has 0 aliphatic heterocycles. The van der Waals surface area contributed by atoms with Gasteiger partial charge in [-0.25, -0.2) is 4.39 Å². The fourth-order valence-corrected chi connectivity index (χ4v) is 1.59. The first kappa shape index (κ1) is 12.8. The minimum absolute atomic E-state index is 0.273. The fraction of sp³-hybridized carbons (Fsp3) is 0.364. The van der Waals surface area contributed by atoms with Crippen molar-refractivity contribution >= 4 is 17.5 Å². The molecule has 0 saturated heterocycles. The number of nitrogens with zero attached hydrogens (tertiary/aromatic N) is 1. The molecule has 3 nitrogen and oxygen atoms in total. The van der Waals surface area contributed by atoms with E-state index < -0.39 is 11.7 Å². The van der Waals surface area contributed by atoms with Gasteiger partial charge in [0.2, 0.25) is 0 Å². The van der Waals surface area contributed by atoms with E-state index in [4.69, 9.17) is 11.6 Å². The fourth-order valence-electron chi connectivity index (χ4n) is 1.39. The molecule has 1 aromatic rings. The number of halogens is 2. The molecular formula is C11H13ClFNO2. The van der Waals surface area contributed by atoms with Crippen LogP contribution in [-0.4, -0.2) is 34.9 Å². The molecule has 0 aromatic heterocycles. The van der Waals surface area contributed by atoms with Crippen molar-refractivity contribution in [3.8, 4) is 5.75 Å². The van der Waals surface area contributed by atoms with Crippen LogP contribution in [0.25, 0.3) is 0 Å². The summed E-state index contributed by atoms with van der Waals surface area (Å²) in [6.07, 6.45) is 0. The van der Waals surface area contributed by atoms with E-state index in [1.165, 1.54) is 17.0 Å². The second kappa shape index (κ2) is 5.70. The van der Waals surface area contributed by atoms with Gasteiger partial charge in [-0.1, -0.05) is 6.07 Å². The maximum atomic E-state index is 13.4. The van der Waals surface area contributed by atoms with Gasteiger partial charge in [-0.05, 0) is 19.1 Å². The summed E-state index contributed by atoms with van der Waals surface area (Å²) in [5.74, 6) is -1.34. The zero-order valence-electron chi connectivity index (χ0n) is 8.91. The molecule has 1 rings (SSSR count). The van der Waals surface area contributed by atoms with Gasteiger partial charge in [0.25, 0.3) is 5.91 Å². The van der Waals surface area contributed by atoms with Gasteiger partial charge in [-0.3, -0.25) is 4.79 Å². The van der Waals surface area contributed by atoms with Crippen molar-refractivity contribution in [2.45, 2.75) is 6.92 Å². The predicted molar refractivity (Wildman–Crippen MR) is 60.4 cm³/mol. The first-order valence-electron chi connectivity index (χ1n) is 4.94. The van der Waals surface area contributed by atoms with Gasteiger partial charge < -0.3 is 10.0 Å². The summed E-state index contributed by atoms with van der Waals surface area (Å²) in [4.78, 5) is 13.3. The molecule has 1 N–H and O–H groups in total. The number of phenols is 1. The Morgan fingerprint density at radius 2 is 2.25 bits per heavy atom. The predicted octanol–water partition coefficient (Wildman–Crippen LogP) is 2.23. The Hall–Kier alpha value is -1.29. The Morgan fingerprint density at radius 1 is 1.56 bits per heavy atom. The highest BCUT2D eigenvalue weighted by molar-refractivity contribution is 6.18. The molecule has 1 aromatic carbocycles. The van der Waals surface area contributed by atoms with Crippen LogP contribution in [0.5, 0.6) is 5.75 Å². The summed E-state index contributed by atoms with van der Waals surface area (Å²) >= 11 is 5.54. The molecule has 0 radical (unpaired) electrons. The van der Waals surface area contributed by atoms with Crippen LogP contribution in [0, 0.1) is 5.82 Å². The summed E-state index contributed by atoms with van der Waals surface area (Å²) in [5.41, 5.74) is -0.297. The highest BCUT2D eigenvalue weighted by Gasteiger charge is 2.21. The third-order valence-electron chi connectivity index (χ3n) is 2.23. The second-order valence-corrected chi connectivity index (χ2v) is 3.59. The quantitative estimate of drug-likeness (QED) is 0.827. The van der Waals surface area contributed by atoms with Crippen LogP contribution < -0.4 is 0 Å². The van der Waals surface area contributed by atoms with Crippen molar-refractivity contribution in [1.29, 1.82) is 0 Å². The van der Waals surface area contributed by atoms with Crippen LogP contribution in [-0.2, 0) is 0 Å². The summed E-state index contributed by atoms with van der Waals surface area (Å²) in [7, 11) is 0. The largest absolute Gasteiger partial charge is 0.507 e. The molecule has 0 fully saturated rings. The van der Waals surface area contributed by atoms with Crippen molar-refractivity contribution in [2.75, 3.05) is 19.0 Å². The minimum atomic E-state index is -0.724. The lowest BCUT2D eigenvalue weighted by Crippen LogP contribution is -2.33. The first-order valence-corrected chi connectivity index (χ1v) is 5.48. The number of alkyl halides is 1. The van der Waals surface area contributed by atoms with Gasteiger partial charge in [-0.2, -0.15) is 0 Å². The van der Waals surface area contributed by atoms with E-state index >= 15 is 0 Å². The van der Waals surface area contributed by atoms with Crippen LogP contribution in [0.3, 0.4) is 0 Å². The number of carbonyl (C=O) groups excluding carboxylic acids is 1. The van der Waals surface area contributed by atoms with Crippen LogP contribution in [0.15, 0.2) is 18.2 Å². The number of carbonyl (C=O) groups is 1. The summed E-state index contributed by atoms with van der Waals surface area (Å²) in [6, 6.07) is 3.77. The van der Waals surface area contributed by atoms with Crippen molar-refractivity contribution < 1.29 is 14.3 Å². The van der Waals surface area contributed by atoms with Gasteiger partial charge in [-0.15, -0.1) is 11.6 Å². The molecule has 0 heterocycles. The maximum absolute atomic E-state index is 13.4. The van der Waals surface area contributed by atoms with Crippen molar-refractivity contribution in [3.05, 3.63) is 29.6 Å². The number of hydrogen-bond donors (Lipinski definition) is 1. The molecule has 0 aliphatic carbocycles. The molecular weight excluding hydrogens is 233 g/mol. The Kier molecular flexibility index (Phi) is 4.55. The molecule has 0 bridgehead atoms. The van der Waals surface area contributed by atoms with E-state index in [1.54, 1.807) is 6.92 Å². The number of aromatic hydroxyl groups is 1. The lowest BCUT2D eigenvalue weighted by molar-refractivity contribution is 0.0766. The van der Waals surface area contributed by atoms with E-state index in [-0.39, 0.29) is 17.2 Å². The molecule has 16 heavy (non-hydrogen) atoms. The lowest BCUT2D eigenvalue weighted by atomic mass is 10.1. The van der Waals surface area contributed by atoms with E-state index in [1.807, 2.05) is 0 Å². The maximum Gasteiger partial charge on any atom is 0.260 e. The number of hydrogen-bond acceptors (Lipinski definition) is 2. The van der Waals surface area contributed by atoms with Crippen LogP contribution >= 0.6 is 11.6 Å². The summed E-state index contributed by atoms with van der Waals surface area (Å²) in [6.45, 7) is 2.51. The molecule has 0 aliphatic rings. The van der Waals surface area contributed by atoms with Crippen molar-refractivity contribution in [1.82, 2.24) is 4.90 Å². The van der Waals surface area contributed by atoms with E-state index in [9.17, 15) is 14.3 Å².